The summed E-state index contributed by atoms with van der Waals surface area (Å²) in [6.07, 6.45) is 7.86. The largest absolute Gasteiger partial charge is 0.394 e. The van der Waals surface area contributed by atoms with Gasteiger partial charge in [0.25, 0.3) is 0 Å². The van der Waals surface area contributed by atoms with Crippen molar-refractivity contribution in [1.29, 1.82) is 0 Å². The molecule has 380 valence electrons. The molecule has 20 heteroatoms. The minimum absolute atomic E-state index is 0.0131. The van der Waals surface area contributed by atoms with Crippen LogP contribution in [0.4, 0.5) is 0 Å². The van der Waals surface area contributed by atoms with Gasteiger partial charge in [0.15, 0.2) is 0 Å². The minimum Gasteiger partial charge on any atom is -0.394 e. The van der Waals surface area contributed by atoms with Crippen LogP contribution in [0.5, 0.6) is 0 Å². The van der Waals surface area contributed by atoms with E-state index < -0.39 is 95.1 Å². The fourth-order valence-electron chi connectivity index (χ4n) is 6.48. The molecular formula is C46H86N10O10. The number of rotatable bonds is 33. The lowest BCUT2D eigenvalue weighted by atomic mass is 9.99. The minimum atomic E-state index is -1.54. The molecule has 4 atom stereocenters. The van der Waals surface area contributed by atoms with Gasteiger partial charge in [0.2, 0.25) is 53.2 Å². The van der Waals surface area contributed by atoms with Crippen LogP contribution in [0.1, 0.15) is 148 Å². The summed E-state index contributed by atoms with van der Waals surface area (Å²) in [4.78, 5) is 117. The number of aliphatic hydroxyl groups excluding tert-OH is 1. The molecule has 0 aromatic heterocycles. The molecule has 0 heterocycles. The SMILES string of the molecule is CCCCCCCCNC(C)(C)C(=O)NCC(=O)N[C@@H](CC(C)C)C(=O)NC(C)(C)C(=O)NCC(=O)NCC(=O)N[C@@H](CC(C)C)C(=O)NC(C)(C)C(=O)NCC(=O)N[C@H](CO)C(C)CC. The van der Waals surface area contributed by atoms with Gasteiger partial charge in [0, 0.05) is 0 Å². The van der Waals surface area contributed by atoms with Crippen molar-refractivity contribution in [1.82, 2.24) is 53.2 Å². The van der Waals surface area contributed by atoms with Crippen molar-refractivity contribution in [2.24, 2.45) is 17.8 Å². The van der Waals surface area contributed by atoms with Gasteiger partial charge in [-0.3, -0.25) is 43.2 Å². The van der Waals surface area contributed by atoms with Crippen LogP contribution in [0.3, 0.4) is 0 Å². The zero-order valence-corrected chi connectivity index (χ0v) is 42.2. The van der Waals surface area contributed by atoms with E-state index in [-0.39, 0.29) is 56.2 Å². The first-order chi connectivity index (χ1) is 30.6. The first kappa shape index (κ1) is 61.1. The summed E-state index contributed by atoms with van der Waals surface area (Å²) in [7, 11) is 0. The Labute approximate surface area is 393 Å². The maximum absolute atomic E-state index is 13.4. The lowest BCUT2D eigenvalue weighted by molar-refractivity contribution is -0.136. The van der Waals surface area contributed by atoms with Crippen molar-refractivity contribution in [3.05, 3.63) is 0 Å². The number of aliphatic hydroxyl groups is 1. The maximum atomic E-state index is 13.4. The summed E-state index contributed by atoms with van der Waals surface area (Å²) in [6.45, 7) is 21.1. The fourth-order valence-corrected chi connectivity index (χ4v) is 6.48. The first-order valence-electron chi connectivity index (χ1n) is 23.6. The second-order valence-electron chi connectivity index (χ2n) is 19.6. The Morgan fingerprint density at radius 2 is 0.864 bits per heavy atom. The van der Waals surface area contributed by atoms with E-state index in [2.05, 4.69) is 60.1 Å². The highest BCUT2D eigenvalue weighted by Gasteiger charge is 2.35. The highest BCUT2D eigenvalue weighted by molar-refractivity contribution is 5.98. The van der Waals surface area contributed by atoms with Crippen molar-refractivity contribution in [3.63, 3.8) is 0 Å². The molecular weight excluding hydrogens is 853 g/mol. The van der Waals surface area contributed by atoms with Crippen molar-refractivity contribution < 1.29 is 48.3 Å². The Hall–Kier alpha value is -4.85. The van der Waals surface area contributed by atoms with E-state index in [1.165, 1.54) is 47.0 Å². The topological polar surface area (TPSA) is 294 Å². The molecule has 0 aromatic rings. The Bertz CT molecular complexity index is 1600. The predicted molar refractivity (Wildman–Crippen MR) is 253 cm³/mol. The van der Waals surface area contributed by atoms with Crippen LogP contribution in [0.25, 0.3) is 0 Å². The van der Waals surface area contributed by atoms with E-state index in [1.54, 1.807) is 13.8 Å². The monoisotopic (exact) mass is 939 g/mol. The highest BCUT2D eigenvalue weighted by Crippen LogP contribution is 2.12. The van der Waals surface area contributed by atoms with Crippen molar-refractivity contribution >= 4 is 53.2 Å². The van der Waals surface area contributed by atoms with Gasteiger partial charge in [-0.1, -0.05) is 87.0 Å². The van der Waals surface area contributed by atoms with Crippen LogP contribution >= 0.6 is 0 Å². The first-order valence-corrected chi connectivity index (χ1v) is 23.6. The molecule has 0 aromatic carbocycles. The molecule has 0 bridgehead atoms. The molecule has 0 radical (unpaired) electrons. The Morgan fingerprint density at radius 3 is 1.27 bits per heavy atom. The third kappa shape index (κ3) is 25.2. The molecule has 1 unspecified atom stereocenters. The Kier molecular flexibility index (Phi) is 28.2. The molecule has 20 nitrogen and oxygen atoms in total. The molecule has 9 amide bonds. The molecule has 0 rings (SSSR count). The summed E-state index contributed by atoms with van der Waals surface area (Å²) >= 11 is 0. The Morgan fingerprint density at radius 1 is 0.485 bits per heavy atom. The molecule has 66 heavy (non-hydrogen) atoms. The number of hydrogen-bond acceptors (Lipinski definition) is 11. The van der Waals surface area contributed by atoms with Crippen molar-refractivity contribution in [3.8, 4) is 0 Å². The number of hydrogen-bond donors (Lipinski definition) is 11. The van der Waals surface area contributed by atoms with E-state index in [0.717, 1.165) is 25.7 Å². The molecule has 0 aliphatic carbocycles. The van der Waals surface area contributed by atoms with Crippen molar-refractivity contribution in [2.75, 3.05) is 39.3 Å². The number of carbonyl (C=O) groups excluding carboxylic acids is 9. The maximum Gasteiger partial charge on any atom is 0.245 e. The van der Waals surface area contributed by atoms with E-state index in [4.69, 9.17) is 0 Å². The van der Waals surface area contributed by atoms with Gasteiger partial charge < -0.3 is 58.3 Å². The number of carbonyl (C=O) groups is 9. The average Bonchev–Trinajstić information content (AvgIpc) is 3.22. The smallest absolute Gasteiger partial charge is 0.245 e. The van der Waals surface area contributed by atoms with Crippen LogP contribution in [-0.4, -0.2) is 132 Å². The summed E-state index contributed by atoms with van der Waals surface area (Å²) in [6, 6.07) is -2.61. The summed E-state index contributed by atoms with van der Waals surface area (Å²) in [5.41, 5.74) is -3.95. The molecule has 0 saturated carbocycles. The molecule has 0 aliphatic heterocycles. The van der Waals surface area contributed by atoms with Gasteiger partial charge in [0.1, 0.15) is 23.2 Å². The quantitative estimate of drug-likeness (QED) is 0.0404. The van der Waals surface area contributed by atoms with Gasteiger partial charge in [0.05, 0.1) is 44.4 Å². The molecule has 0 spiro atoms. The highest BCUT2D eigenvalue weighted by atomic mass is 16.3. The molecule has 0 aliphatic rings. The fraction of sp³-hybridized carbons (Fsp3) is 0.804. The second kappa shape index (κ2) is 30.4. The zero-order chi connectivity index (χ0) is 50.8. The van der Waals surface area contributed by atoms with Crippen LogP contribution < -0.4 is 53.2 Å². The predicted octanol–water partition coefficient (Wildman–Crippen LogP) is 0.554. The Balaban J connectivity index is 5.19. The normalized spacial score (nSPS) is 13.6. The summed E-state index contributed by atoms with van der Waals surface area (Å²) < 4.78 is 0. The zero-order valence-electron chi connectivity index (χ0n) is 42.2. The number of unbranched alkanes of at least 4 members (excludes halogenated alkanes) is 5. The van der Waals surface area contributed by atoms with Gasteiger partial charge in [-0.25, -0.2) is 0 Å². The molecule has 11 N–H and O–H groups in total. The van der Waals surface area contributed by atoms with Crippen LogP contribution in [0.2, 0.25) is 0 Å². The van der Waals surface area contributed by atoms with Crippen LogP contribution in [-0.2, 0) is 43.2 Å². The van der Waals surface area contributed by atoms with Crippen LogP contribution in [0.15, 0.2) is 0 Å². The number of nitrogens with one attached hydrogen (secondary N) is 10. The van der Waals surface area contributed by atoms with E-state index >= 15 is 0 Å². The lowest BCUT2D eigenvalue weighted by Crippen LogP contribution is -2.61. The second-order valence-corrected chi connectivity index (χ2v) is 19.6. The third-order valence-electron chi connectivity index (χ3n) is 10.9. The summed E-state index contributed by atoms with van der Waals surface area (Å²) in [5, 5.41) is 35.9. The van der Waals surface area contributed by atoms with Gasteiger partial charge in [-0.15, -0.1) is 0 Å². The van der Waals surface area contributed by atoms with E-state index in [1.807, 2.05) is 41.5 Å². The van der Waals surface area contributed by atoms with Gasteiger partial charge >= 0.3 is 0 Å². The molecule has 0 fully saturated rings. The standard InChI is InChI=1S/C46H86N10O10/c1-14-16-17-18-19-20-21-51-44(8,9)41(64)49-26-37(60)53-33(23-30(5)6)40(63)55-45(10,11)42(65)48-24-35(58)47-25-36(59)52-32(22-29(3)4)39(62)56-46(12,13)43(66)50-27-38(61)54-34(28-57)31(7)15-2/h29-34,51,57H,14-28H2,1-13H3,(H,47,58)(H,48,65)(H,49,64)(H,50,66)(H,52,59)(H,53,60)(H,54,61)(H,55,63)(H,56,62)/t31?,32-,33-,34+/m0/s1. The van der Waals surface area contributed by atoms with E-state index in [9.17, 15) is 48.3 Å². The molecule has 0 saturated heterocycles. The summed E-state index contributed by atoms with van der Waals surface area (Å²) in [5.74, 6) is -5.71. The number of amides is 9. The third-order valence-corrected chi connectivity index (χ3v) is 10.9. The average molecular weight is 939 g/mol. The van der Waals surface area contributed by atoms with Gasteiger partial charge in [-0.05, 0) is 85.1 Å². The van der Waals surface area contributed by atoms with Crippen molar-refractivity contribution in [2.45, 2.75) is 183 Å². The van der Waals surface area contributed by atoms with Gasteiger partial charge in [-0.2, -0.15) is 0 Å². The van der Waals surface area contributed by atoms with Crippen LogP contribution in [0, 0.1) is 17.8 Å². The lowest BCUT2D eigenvalue weighted by Gasteiger charge is -2.29. The van der Waals surface area contributed by atoms with E-state index in [0.29, 0.717) is 6.54 Å².